The highest BCUT2D eigenvalue weighted by Gasteiger charge is 2.46. The minimum Gasteiger partial charge on any atom is -0.497 e. The van der Waals surface area contributed by atoms with Crippen LogP contribution in [0.5, 0.6) is 23.0 Å². The lowest BCUT2D eigenvalue weighted by Crippen LogP contribution is -2.61. The molecule has 36 heavy (non-hydrogen) atoms. The monoisotopic (exact) mass is 499 g/mol. The molecule has 9 heteroatoms. The molecule has 0 atom stereocenters. The molecule has 2 amide bonds. The number of piperidine rings is 1. The SMILES string of the molecule is COc1cc(CN2CCC(C(=O)N(C)Cc3cc(OC)cc(OC)c3)(N(C)C=O)CC2)cc(OC)c1. The number of nitrogens with zero attached hydrogens (tertiary/aromatic N) is 3. The summed E-state index contributed by atoms with van der Waals surface area (Å²) in [6.07, 6.45) is 1.82. The van der Waals surface area contributed by atoms with Crippen molar-refractivity contribution in [3.63, 3.8) is 0 Å². The van der Waals surface area contributed by atoms with Gasteiger partial charge in [-0.05, 0) is 48.2 Å². The van der Waals surface area contributed by atoms with E-state index in [-0.39, 0.29) is 5.91 Å². The highest BCUT2D eigenvalue weighted by atomic mass is 16.5. The number of amides is 2. The van der Waals surface area contributed by atoms with Crippen LogP contribution in [0.2, 0.25) is 0 Å². The smallest absolute Gasteiger partial charge is 0.248 e. The third-order valence-electron chi connectivity index (χ3n) is 6.91. The number of carbonyl (C=O) groups is 2. The van der Waals surface area contributed by atoms with E-state index in [1.165, 1.54) is 4.90 Å². The Kier molecular flexibility index (Phi) is 9.03. The van der Waals surface area contributed by atoms with E-state index < -0.39 is 5.54 Å². The van der Waals surface area contributed by atoms with Crippen molar-refractivity contribution in [2.24, 2.45) is 0 Å². The number of rotatable bonds is 11. The Morgan fingerprint density at radius 3 is 1.69 bits per heavy atom. The van der Waals surface area contributed by atoms with Crippen molar-refractivity contribution in [1.82, 2.24) is 14.7 Å². The molecule has 9 nitrogen and oxygen atoms in total. The Bertz CT molecular complexity index is 1010. The van der Waals surface area contributed by atoms with Gasteiger partial charge in [-0.3, -0.25) is 14.5 Å². The van der Waals surface area contributed by atoms with Gasteiger partial charge in [-0.2, -0.15) is 0 Å². The maximum absolute atomic E-state index is 13.8. The second-order valence-corrected chi connectivity index (χ2v) is 9.13. The van der Waals surface area contributed by atoms with E-state index in [1.807, 2.05) is 30.3 Å². The number of hydrogen-bond acceptors (Lipinski definition) is 7. The first-order valence-corrected chi connectivity index (χ1v) is 11.9. The summed E-state index contributed by atoms with van der Waals surface area (Å²) in [6, 6.07) is 11.4. The van der Waals surface area contributed by atoms with Crippen LogP contribution in [0.3, 0.4) is 0 Å². The molecule has 0 spiro atoms. The molecule has 0 aliphatic carbocycles. The molecule has 1 aliphatic heterocycles. The molecule has 1 saturated heterocycles. The van der Waals surface area contributed by atoms with Crippen LogP contribution in [0.25, 0.3) is 0 Å². The average molecular weight is 500 g/mol. The molecule has 1 aliphatic rings. The van der Waals surface area contributed by atoms with Crippen molar-refractivity contribution in [3.05, 3.63) is 47.5 Å². The van der Waals surface area contributed by atoms with Crippen LogP contribution in [0, 0.1) is 0 Å². The fraction of sp³-hybridized carbons (Fsp3) is 0.481. The Morgan fingerprint density at radius 1 is 0.833 bits per heavy atom. The van der Waals surface area contributed by atoms with E-state index in [2.05, 4.69) is 4.90 Å². The van der Waals surface area contributed by atoms with E-state index in [0.717, 1.165) is 29.0 Å². The van der Waals surface area contributed by atoms with Gasteiger partial charge in [0, 0.05) is 52.4 Å². The molecule has 2 aromatic carbocycles. The van der Waals surface area contributed by atoms with Gasteiger partial charge in [-0.25, -0.2) is 0 Å². The highest BCUT2D eigenvalue weighted by Crippen LogP contribution is 2.32. The normalized spacial score (nSPS) is 15.1. The van der Waals surface area contributed by atoms with Gasteiger partial charge in [0.15, 0.2) is 0 Å². The summed E-state index contributed by atoms with van der Waals surface area (Å²) in [7, 11) is 9.91. The van der Waals surface area contributed by atoms with Crippen molar-refractivity contribution in [2.45, 2.75) is 31.5 Å². The minimum atomic E-state index is -0.901. The first kappa shape index (κ1) is 27.1. The van der Waals surface area contributed by atoms with Crippen LogP contribution < -0.4 is 18.9 Å². The standard InChI is InChI=1S/C27H37N3O6/c1-28(17-20-11-22(33-3)15-23(12-20)34-4)26(32)27(29(2)19-31)7-9-30(10-8-27)18-21-13-24(35-5)16-25(14-21)36-6/h11-16,19H,7-10,17-18H2,1-6H3. The summed E-state index contributed by atoms with van der Waals surface area (Å²) in [4.78, 5) is 31.1. The van der Waals surface area contributed by atoms with E-state index in [9.17, 15) is 9.59 Å². The van der Waals surface area contributed by atoms with Crippen molar-refractivity contribution in [2.75, 3.05) is 55.6 Å². The van der Waals surface area contributed by atoms with Crippen molar-refractivity contribution in [1.29, 1.82) is 0 Å². The number of likely N-dealkylation sites (N-methyl/N-ethyl adjacent to an activating group) is 2. The summed E-state index contributed by atoms with van der Waals surface area (Å²) >= 11 is 0. The fourth-order valence-corrected chi connectivity index (χ4v) is 4.77. The molecular weight excluding hydrogens is 462 g/mol. The van der Waals surface area contributed by atoms with E-state index in [1.54, 1.807) is 53.5 Å². The third kappa shape index (κ3) is 6.02. The van der Waals surface area contributed by atoms with Gasteiger partial charge < -0.3 is 28.7 Å². The molecule has 0 saturated carbocycles. The summed E-state index contributed by atoms with van der Waals surface area (Å²) in [6.45, 7) is 2.41. The number of carbonyl (C=O) groups excluding carboxylic acids is 2. The fourth-order valence-electron chi connectivity index (χ4n) is 4.77. The highest BCUT2D eigenvalue weighted by molar-refractivity contribution is 5.88. The molecule has 0 aromatic heterocycles. The summed E-state index contributed by atoms with van der Waals surface area (Å²) in [5, 5.41) is 0. The molecule has 0 radical (unpaired) electrons. The predicted molar refractivity (Wildman–Crippen MR) is 137 cm³/mol. The van der Waals surface area contributed by atoms with Crippen molar-refractivity contribution < 1.29 is 28.5 Å². The minimum absolute atomic E-state index is 0.0819. The van der Waals surface area contributed by atoms with E-state index in [4.69, 9.17) is 18.9 Å². The maximum atomic E-state index is 13.8. The zero-order valence-electron chi connectivity index (χ0n) is 22.1. The Morgan fingerprint density at radius 2 is 1.28 bits per heavy atom. The van der Waals surface area contributed by atoms with Gasteiger partial charge in [0.25, 0.3) is 0 Å². The first-order chi connectivity index (χ1) is 17.3. The van der Waals surface area contributed by atoms with E-state index in [0.29, 0.717) is 50.5 Å². The Hall–Kier alpha value is -3.46. The molecule has 3 rings (SSSR count). The molecule has 196 valence electrons. The molecule has 0 bridgehead atoms. The number of ether oxygens (including phenoxy) is 4. The summed E-state index contributed by atoms with van der Waals surface area (Å²) in [5.74, 6) is 2.71. The number of benzene rings is 2. The van der Waals surface area contributed by atoms with Crippen LogP contribution in [0.4, 0.5) is 0 Å². The summed E-state index contributed by atoms with van der Waals surface area (Å²) in [5.41, 5.74) is 1.05. The molecular formula is C27H37N3O6. The molecule has 1 heterocycles. The number of likely N-dealkylation sites (tertiary alicyclic amines) is 1. The average Bonchev–Trinajstić information content (AvgIpc) is 2.91. The summed E-state index contributed by atoms with van der Waals surface area (Å²) < 4.78 is 21.5. The largest absolute Gasteiger partial charge is 0.497 e. The maximum Gasteiger partial charge on any atom is 0.248 e. The van der Waals surface area contributed by atoms with Crippen LogP contribution in [0.15, 0.2) is 36.4 Å². The van der Waals surface area contributed by atoms with Gasteiger partial charge in [-0.1, -0.05) is 0 Å². The van der Waals surface area contributed by atoms with Gasteiger partial charge in [-0.15, -0.1) is 0 Å². The molecule has 0 unspecified atom stereocenters. The van der Waals surface area contributed by atoms with Crippen LogP contribution >= 0.6 is 0 Å². The van der Waals surface area contributed by atoms with Crippen LogP contribution in [-0.2, 0) is 22.7 Å². The Balaban J connectivity index is 1.74. The van der Waals surface area contributed by atoms with E-state index >= 15 is 0 Å². The molecule has 0 N–H and O–H groups in total. The predicted octanol–water partition coefficient (Wildman–Crippen LogP) is 2.80. The number of hydrogen-bond donors (Lipinski definition) is 0. The van der Waals surface area contributed by atoms with Gasteiger partial charge in [0.1, 0.15) is 28.5 Å². The first-order valence-electron chi connectivity index (χ1n) is 11.9. The lowest BCUT2D eigenvalue weighted by Gasteiger charge is -2.46. The third-order valence-corrected chi connectivity index (χ3v) is 6.91. The van der Waals surface area contributed by atoms with Crippen molar-refractivity contribution >= 4 is 12.3 Å². The second kappa shape index (κ2) is 12.0. The number of methoxy groups -OCH3 is 4. The van der Waals surface area contributed by atoms with Gasteiger partial charge in [0.05, 0.1) is 28.4 Å². The molecule has 2 aromatic rings. The van der Waals surface area contributed by atoms with Gasteiger partial charge in [0.2, 0.25) is 12.3 Å². The topological polar surface area (TPSA) is 80.8 Å². The van der Waals surface area contributed by atoms with Crippen LogP contribution in [-0.4, -0.2) is 88.2 Å². The molecule has 1 fully saturated rings. The quantitative estimate of drug-likeness (QED) is 0.440. The van der Waals surface area contributed by atoms with Crippen LogP contribution in [0.1, 0.15) is 24.0 Å². The Labute approximate surface area is 213 Å². The lowest BCUT2D eigenvalue weighted by atomic mass is 9.84. The second-order valence-electron chi connectivity index (χ2n) is 9.13. The van der Waals surface area contributed by atoms with Crippen molar-refractivity contribution in [3.8, 4) is 23.0 Å². The van der Waals surface area contributed by atoms with Gasteiger partial charge >= 0.3 is 0 Å². The zero-order chi connectivity index (χ0) is 26.3. The lowest BCUT2D eigenvalue weighted by molar-refractivity contribution is -0.151. The zero-order valence-corrected chi connectivity index (χ0v) is 22.1.